The molecule has 6 heteroatoms. The number of nitrogens with zero attached hydrogens (tertiary/aromatic N) is 2. The summed E-state index contributed by atoms with van der Waals surface area (Å²) >= 11 is 0. The Morgan fingerprint density at radius 3 is 2.48 bits per heavy atom. The van der Waals surface area contributed by atoms with Gasteiger partial charge in [-0.1, -0.05) is 32.1 Å². The summed E-state index contributed by atoms with van der Waals surface area (Å²) in [6, 6.07) is 0.395. The highest BCUT2D eigenvalue weighted by Crippen LogP contribution is 2.27. The van der Waals surface area contributed by atoms with E-state index in [0.29, 0.717) is 6.04 Å². The Labute approximate surface area is 170 Å². The number of aliphatic imine (C=N–C) groups is 1. The molecule has 2 N–H and O–H groups in total. The summed E-state index contributed by atoms with van der Waals surface area (Å²) in [4.78, 5) is 18.6. The fourth-order valence-corrected chi connectivity index (χ4v) is 3.80. The molecule has 0 radical (unpaired) electrons. The molecule has 25 heavy (non-hydrogen) atoms. The van der Waals surface area contributed by atoms with Crippen LogP contribution >= 0.6 is 24.0 Å². The molecule has 0 aromatic heterocycles. The number of rotatable bonds is 7. The van der Waals surface area contributed by atoms with Crippen LogP contribution in [0.2, 0.25) is 0 Å². The Morgan fingerprint density at radius 1 is 1.16 bits per heavy atom. The van der Waals surface area contributed by atoms with Gasteiger partial charge in [0.25, 0.3) is 0 Å². The van der Waals surface area contributed by atoms with Crippen LogP contribution in [-0.4, -0.2) is 49.0 Å². The van der Waals surface area contributed by atoms with E-state index in [9.17, 15) is 4.79 Å². The van der Waals surface area contributed by atoms with Gasteiger partial charge in [-0.15, -0.1) is 24.0 Å². The number of guanidine groups is 1. The maximum Gasteiger partial charge on any atom is 0.244 e. The Kier molecular flexibility index (Phi) is 11.5. The van der Waals surface area contributed by atoms with E-state index in [1.165, 1.54) is 44.9 Å². The minimum Gasteiger partial charge on any atom is -0.357 e. The second kappa shape index (κ2) is 12.8. The normalized spacial score (nSPS) is 20.1. The molecule has 146 valence electrons. The Bertz CT molecular complexity index is 404. The first-order valence-electron chi connectivity index (χ1n) is 10.0. The zero-order valence-electron chi connectivity index (χ0n) is 16.1. The molecule has 1 aliphatic heterocycles. The fourth-order valence-electron chi connectivity index (χ4n) is 3.80. The molecule has 0 aromatic rings. The van der Waals surface area contributed by atoms with Crippen molar-refractivity contribution in [3.05, 3.63) is 0 Å². The minimum absolute atomic E-state index is 0. The molecule has 5 nitrogen and oxygen atoms in total. The molecule has 1 aliphatic carbocycles. The number of likely N-dealkylation sites (tertiary alicyclic amines) is 1. The van der Waals surface area contributed by atoms with Crippen molar-refractivity contribution in [3.8, 4) is 0 Å². The quantitative estimate of drug-likeness (QED) is 0.344. The van der Waals surface area contributed by atoms with Crippen LogP contribution in [0.15, 0.2) is 4.99 Å². The molecule has 1 amide bonds. The average Bonchev–Trinajstić information content (AvgIpc) is 3.13. The summed E-state index contributed by atoms with van der Waals surface area (Å²) in [7, 11) is 0. The smallest absolute Gasteiger partial charge is 0.244 e. The van der Waals surface area contributed by atoms with E-state index in [1.807, 2.05) is 4.90 Å². The van der Waals surface area contributed by atoms with Gasteiger partial charge in [0.05, 0.1) is 0 Å². The summed E-state index contributed by atoms with van der Waals surface area (Å²) in [5.74, 6) is 1.85. The molecule has 2 rings (SSSR count). The molecule has 1 heterocycles. The number of halogens is 1. The first kappa shape index (κ1) is 22.5. The van der Waals surface area contributed by atoms with Gasteiger partial charge in [-0.25, -0.2) is 4.99 Å². The van der Waals surface area contributed by atoms with Gasteiger partial charge in [0, 0.05) is 25.7 Å². The van der Waals surface area contributed by atoms with Gasteiger partial charge >= 0.3 is 0 Å². The zero-order chi connectivity index (χ0) is 17.2. The summed E-state index contributed by atoms with van der Waals surface area (Å²) in [6.07, 6.45) is 11.8. The highest BCUT2D eigenvalue weighted by molar-refractivity contribution is 14.0. The molecule has 1 unspecified atom stereocenters. The lowest BCUT2D eigenvalue weighted by atomic mass is 9.85. The maximum atomic E-state index is 12.1. The van der Waals surface area contributed by atoms with E-state index in [4.69, 9.17) is 0 Å². The van der Waals surface area contributed by atoms with Gasteiger partial charge in [-0.2, -0.15) is 0 Å². The molecule has 1 atom stereocenters. The van der Waals surface area contributed by atoms with E-state index in [2.05, 4.69) is 29.5 Å². The second-order valence-corrected chi connectivity index (χ2v) is 7.41. The average molecular weight is 464 g/mol. The van der Waals surface area contributed by atoms with Crippen LogP contribution < -0.4 is 10.6 Å². The SMILES string of the molecule is CCNC(=NCC(=O)N1CCCC1)NC(C)CCC1CCCCC1.I. The van der Waals surface area contributed by atoms with Crippen LogP contribution in [0, 0.1) is 5.92 Å². The van der Waals surface area contributed by atoms with Crippen LogP contribution in [0.5, 0.6) is 0 Å². The van der Waals surface area contributed by atoms with Crippen LogP contribution in [0.4, 0.5) is 0 Å². The van der Waals surface area contributed by atoms with Crippen LogP contribution in [0.25, 0.3) is 0 Å². The molecule has 2 fully saturated rings. The van der Waals surface area contributed by atoms with Crippen LogP contribution in [-0.2, 0) is 4.79 Å². The molecule has 0 bridgehead atoms. The number of hydrogen-bond acceptors (Lipinski definition) is 2. The Morgan fingerprint density at radius 2 is 1.84 bits per heavy atom. The van der Waals surface area contributed by atoms with Crippen molar-refractivity contribution in [3.63, 3.8) is 0 Å². The predicted molar refractivity (Wildman–Crippen MR) is 116 cm³/mol. The van der Waals surface area contributed by atoms with Gasteiger partial charge in [0.1, 0.15) is 6.54 Å². The highest BCUT2D eigenvalue weighted by Gasteiger charge is 2.18. The minimum atomic E-state index is 0. The maximum absolute atomic E-state index is 12.1. The predicted octanol–water partition coefficient (Wildman–Crippen LogP) is 3.53. The van der Waals surface area contributed by atoms with Crippen molar-refractivity contribution in [1.29, 1.82) is 0 Å². The fraction of sp³-hybridized carbons (Fsp3) is 0.895. The first-order chi connectivity index (χ1) is 11.7. The Balaban J connectivity index is 0.00000312. The molecule has 1 saturated carbocycles. The van der Waals surface area contributed by atoms with Crippen molar-refractivity contribution in [2.45, 2.75) is 77.7 Å². The van der Waals surface area contributed by atoms with Gasteiger partial charge in [-0.05, 0) is 45.4 Å². The van der Waals surface area contributed by atoms with E-state index in [1.54, 1.807) is 0 Å². The van der Waals surface area contributed by atoms with Crippen molar-refractivity contribution in [2.24, 2.45) is 10.9 Å². The lowest BCUT2D eigenvalue weighted by molar-refractivity contribution is -0.128. The summed E-state index contributed by atoms with van der Waals surface area (Å²) in [6.45, 7) is 7.15. The summed E-state index contributed by atoms with van der Waals surface area (Å²) in [5, 5.41) is 6.74. The number of amides is 1. The van der Waals surface area contributed by atoms with Gasteiger partial charge < -0.3 is 15.5 Å². The highest BCUT2D eigenvalue weighted by atomic mass is 127. The van der Waals surface area contributed by atoms with E-state index in [-0.39, 0.29) is 36.4 Å². The van der Waals surface area contributed by atoms with Gasteiger partial charge in [0.2, 0.25) is 5.91 Å². The lowest BCUT2D eigenvalue weighted by Crippen LogP contribution is -2.43. The molecule has 0 spiro atoms. The third-order valence-electron chi connectivity index (χ3n) is 5.29. The van der Waals surface area contributed by atoms with Crippen molar-refractivity contribution in [1.82, 2.24) is 15.5 Å². The number of hydrogen-bond donors (Lipinski definition) is 2. The van der Waals surface area contributed by atoms with Gasteiger partial charge in [0.15, 0.2) is 5.96 Å². The zero-order valence-corrected chi connectivity index (χ0v) is 18.4. The summed E-state index contributed by atoms with van der Waals surface area (Å²) in [5.41, 5.74) is 0. The van der Waals surface area contributed by atoms with Crippen molar-refractivity contribution in [2.75, 3.05) is 26.2 Å². The molecular formula is C19H37IN4O. The largest absolute Gasteiger partial charge is 0.357 e. The third kappa shape index (κ3) is 8.60. The second-order valence-electron chi connectivity index (χ2n) is 7.41. The van der Waals surface area contributed by atoms with E-state index < -0.39 is 0 Å². The lowest BCUT2D eigenvalue weighted by Gasteiger charge is -2.24. The number of carbonyl (C=O) groups is 1. The van der Waals surface area contributed by atoms with Crippen molar-refractivity contribution < 1.29 is 4.79 Å². The van der Waals surface area contributed by atoms with Crippen molar-refractivity contribution >= 4 is 35.8 Å². The molecule has 2 aliphatic rings. The standard InChI is InChI=1S/C19H36N4O.HI/c1-3-20-19(21-15-18(24)23-13-7-8-14-23)22-16(2)11-12-17-9-5-4-6-10-17;/h16-17H,3-15H2,1-2H3,(H2,20,21,22);1H. The monoisotopic (exact) mass is 464 g/mol. The number of carbonyl (C=O) groups excluding carboxylic acids is 1. The first-order valence-corrected chi connectivity index (χ1v) is 10.0. The summed E-state index contributed by atoms with van der Waals surface area (Å²) < 4.78 is 0. The Hall–Kier alpha value is -0.530. The van der Waals surface area contributed by atoms with E-state index in [0.717, 1.165) is 44.4 Å². The van der Waals surface area contributed by atoms with Gasteiger partial charge in [-0.3, -0.25) is 4.79 Å². The topological polar surface area (TPSA) is 56.7 Å². The van der Waals surface area contributed by atoms with Crippen LogP contribution in [0.1, 0.15) is 71.6 Å². The van der Waals surface area contributed by atoms with E-state index >= 15 is 0 Å². The van der Waals surface area contributed by atoms with Crippen LogP contribution in [0.3, 0.4) is 0 Å². The molecule has 1 saturated heterocycles. The molecule has 0 aromatic carbocycles. The molecular weight excluding hydrogens is 427 g/mol. The third-order valence-corrected chi connectivity index (χ3v) is 5.29. The number of nitrogens with one attached hydrogen (secondary N) is 2.